The minimum absolute atomic E-state index is 0.0188. The molecule has 1 aliphatic carbocycles. The maximum absolute atomic E-state index is 15.6. The summed E-state index contributed by atoms with van der Waals surface area (Å²) in [7, 11) is 0. The Morgan fingerprint density at radius 2 is 1.74 bits per heavy atom. The first kappa shape index (κ1) is 35.9. The highest BCUT2D eigenvalue weighted by atomic mass is 19.1. The molecule has 13 nitrogen and oxygen atoms in total. The Morgan fingerprint density at radius 1 is 1.04 bits per heavy atom. The standard InChI is InChI=1S/C33H48FN7O6/c1-5-25-30(39-47-38-25)32(45)37-29(22-9-7-20(3)8-10-22)31(44)35-26-12-11-23(19-24(26)34)21(4)28(36-27(43)6-2)33(46)41-15-13-40(14-16-41)17-18-42/h11-12,19-22,28-29,42H,5-10,13-18H2,1-4H3,(H,35,44)(H,36,43)(H,37,45)/t20?,21-,22?,28+,29-/m0/s1. The van der Waals surface area contributed by atoms with Gasteiger partial charge >= 0.3 is 0 Å². The lowest BCUT2D eigenvalue weighted by atomic mass is 9.79. The van der Waals surface area contributed by atoms with E-state index in [0.29, 0.717) is 56.3 Å². The lowest BCUT2D eigenvalue weighted by Gasteiger charge is -2.37. The number of carbonyl (C=O) groups is 4. The van der Waals surface area contributed by atoms with Gasteiger partial charge in [0.2, 0.25) is 17.7 Å². The molecule has 0 spiro atoms. The number of aryl methyl sites for hydroxylation is 1. The summed E-state index contributed by atoms with van der Waals surface area (Å²) in [5.74, 6) is -2.59. The van der Waals surface area contributed by atoms with Crippen LogP contribution in [0, 0.1) is 17.7 Å². The first-order valence-corrected chi connectivity index (χ1v) is 16.7. The zero-order chi connectivity index (χ0) is 34.1. The average Bonchev–Trinajstić information content (AvgIpc) is 3.56. The number of aromatic nitrogens is 2. The minimum Gasteiger partial charge on any atom is -0.395 e. The van der Waals surface area contributed by atoms with Crippen LogP contribution in [0.15, 0.2) is 22.8 Å². The van der Waals surface area contributed by atoms with Crippen molar-refractivity contribution in [2.75, 3.05) is 44.6 Å². The molecule has 0 bridgehead atoms. The molecule has 1 aromatic heterocycles. The Balaban J connectivity index is 1.50. The van der Waals surface area contributed by atoms with E-state index in [1.54, 1.807) is 24.8 Å². The van der Waals surface area contributed by atoms with Crippen molar-refractivity contribution in [2.24, 2.45) is 11.8 Å². The van der Waals surface area contributed by atoms with E-state index in [0.717, 1.165) is 25.7 Å². The zero-order valence-electron chi connectivity index (χ0n) is 27.8. The molecule has 4 rings (SSSR count). The van der Waals surface area contributed by atoms with E-state index in [4.69, 9.17) is 4.63 Å². The van der Waals surface area contributed by atoms with Gasteiger partial charge in [0.15, 0.2) is 5.69 Å². The minimum atomic E-state index is -0.932. The summed E-state index contributed by atoms with van der Waals surface area (Å²) in [5, 5.41) is 25.0. The second-order valence-corrected chi connectivity index (χ2v) is 12.7. The second kappa shape index (κ2) is 16.8. The van der Waals surface area contributed by atoms with Crippen LogP contribution < -0.4 is 16.0 Å². The molecule has 14 heteroatoms. The maximum Gasteiger partial charge on any atom is 0.276 e. The number of aliphatic hydroxyl groups is 1. The van der Waals surface area contributed by atoms with E-state index in [-0.39, 0.29) is 42.1 Å². The van der Waals surface area contributed by atoms with E-state index in [1.807, 2.05) is 6.92 Å². The molecule has 1 aliphatic heterocycles. The fourth-order valence-electron chi connectivity index (χ4n) is 6.36. The fourth-order valence-corrected chi connectivity index (χ4v) is 6.36. The molecule has 4 N–H and O–H groups in total. The normalized spacial score (nSPS) is 20.6. The number of nitrogens with zero attached hydrogens (tertiary/aromatic N) is 4. The number of carbonyl (C=O) groups excluding carboxylic acids is 4. The van der Waals surface area contributed by atoms with Gasteiger partial charge in [0.25, 0.3) is 5.91 Å². The van der Waals surface area contributed by atoms with Gasteiger partial charge in [-0.1, -0.05) is 51.8 Å². The van der Waals surface area contributed by atoms with E-state index >= 15 is 4.39 Å². The third-order valence-corrected chi connectivity index (χ3v) is 9.49. The van der Waals surface area contributed by atoms with Crippen molar-refractivity contribution in [3.8, 4) is 0 Å². The lowest BCUT2D eigenvalue weighted by Crippen LogP contribution is -2.56. The van der Waals surface area contributed by atoms with Gasteiger partial charge in [-0.3, -0.25) is 24.1 Å². The molecule has 2 heterocycles. The summed E-state index contributed by atoms with van der Waals surface area (Å²) in [4.78, 5) is 56.6. The van der Waals surface area contributed by atoms with Crippen LogP contribution in [0.4, 0.5) is 10.1 Å². The molecule has 3 atom stereocenters. The summed E-state index contributed by atoms with van der Waals surface area (Å²) >= 11 is 0. The summed E-state index contributed by atoms with van der Waals surface area (Å²) in [6, 6.07) is 2.49. The highest BCUT2D eigenvalue weighted by Crippen LogP contribution is 2.32. The number of piperazine rings is 1. The van der Waals surface area contributed by atoms with Gasteiger partial charge in [0.1, 0.15) is 23.6 Å². The maximum atomic E-state index is 15.6. The number of hydrogen-bond donors (Lipinski definition) is 4. The Bertz CT molecular complexity index is 1390. The summed E-state index contributed by atoms with van der Waals surface area (Å²) < 4.78 is 20.4. The molecule has 0 unspecified atom stereocenters. The average molecular weight is 658 g/mol. The molecular weight excluding hydrogens is 609 g/mol. The van der Waals surface area contributed by atoms with Gasteiger partial charge < -0.3 is 26.0 Å². The van der Waals surface area contributed by atoms with E-state index in [2.05, 4.69) is 38.1 Å². The van der Waals surface area contributed by atoms with Crippen LogP contribution in [0.5, 0.6) is 0 Å². The van der Waals surface area contributed by atoms with Crippen LogP contribution in [0.2, 0.25) is 0 Å². The Kier molecular flexibility index (Phi) is 12.8. The second-order valence-electron chi connectivity index (χ2n) is 12.7. The summed E-state index contributed by atoms with van der Waals surface area (Å²) in [6.07, 6.45) is 3.88. The largest absolute Gasteiger partial charge is 0.395 e. The lowest BCUT2D eigenvalue weighted by molar-refractivity contribution is -0.138. The van der Waals surface area contributed by atoms with Crippen molar-refractivity contribution in [3.05, 3.63) is 41.0 Å². The number of halogens is 1. The predicted molar refractivity (Wildman–Crippen MR) is 172 cm³/mol. The predicted octanol–water partition coefficient (Wildman–Crippen LogP) is 2.47. The highest BCUT2D eigenvalue weighted by Gasteiger charge is 2.36. The van der Waals surface area contributed by atoms with Crippen LogP contribution in [-0.2, 0) is 20.8 Å². The highest BCUT2D eigenvalue weighted by molar-refractivity contribution is 6.01. The molecule has 2 aliphatic rings. The van der Waals surface area contributed by atoms with Gasteiger partial charge in [0, 0.05) is 45.1 Å². The zero-order valence-corrected chi connectivity index (χ0v) is 27.8. The monoisotopic (exact) mass is 657 g/mol. The summed E-state index contributed by atoms with van der Waals surface area (Å²) in [6.45, 7) is 10.1. The first-order chi connectivity index (χ1) is 22.6. The molecule has 1 saturated carbocycles. The number of amides is 4. The number of β-amino-alcohol motifs (C(OH)–C–C–N with tert-alkyl or cyclic N) is 1. The van der Waals surface area contributed by atoms with Crippen molar-refractivity contribution < 1.29 is 33.3 Å². The first-order valence-electron chi connectivity index (χ1n) is 16.7. The topological polar surface area (TPSA) is 170 Å². The molecule has 1 aromatic carbocycles. The van der Waals surface area contributed by atoms with E-state index in [9.17, 15) is 24.3 Å². The Morgan fingerprint density at radius 3 is 2.36 bits per heavy atom. The van der Waals surface area contributed by atoms with Gasteiger partial charge in [-0.15, -0.1) is 0 Å². The van der Waals surface area contributed by atoms with Gasteiger partial charge in [-0.05, 0) is 54.0 Å². The molecule has 1 saturated heterocycles. The number of anilines is 1. The molecule has 2 aromatic rings. The molecule has 0 radical (unpaired) electrons. The number of hydrogen-bond acceptors (Lipinski definition) is 9. The Labute approximate surface area is 275 Å². The van der Waals surface area contributed by atoms with Gasteiger partial charge in [-0.2, -0.15) is 0 Å². The van der Waals surface area contributed by atoms with Crippen LogP contribution >= 0.6 is 0 Å². The van der Waals surface area contributed by atoms with Crippen LogP contribution in [-0.4, -0.2) is 100 Å². The fraction of sp³-hybridized carbons (Fsp3) is 0.636. The van der Waals surface area contributed by atoms with Gasteiger partial charge in [-0.25, -0.2) is 9.02 Å². The van der Waals surface area contributed by atoms with Crippen molar-refractivity contribution in [1.82, 2.24) is 30.7 Å². The Hall–Kier alpha value is -3.91. The van der Waals surface area contributed by atoms with Crippen LogP contribution in [0.3, 0.4) is 0 Å². The molecule has 2 fully saturated rings. The van der Waals surface area contributed by atoms with Crippen LogP contribution in [0.1, 0.15) is 87.5 Å². The third-order valence-electron chi connectivity index (χ3n) is 9.49. The van der Waals surface area contributed by atoms with Crippen molar-refractivity contribution in [3.63, 3.8) is 0 Å². The number of rotatable bonds is 13. The quantitative estimate of drug-likeness (QED) is 0.253. The molecule has 4 amide bonds. The van der Waals surface area contributed by atoms with Gasteiger partial charge in [0.05, 0.1) is 12.3 Å². The third kappa shape index (κ3) is 9.13. The van der Waals surface area contributed by atoms with E-state index in [1.165, 1.54) is 12.1 Å². The smallest absolute Gasteiger partial charge is 0.276 e. The molecule has 47 heavy (non-hydrogen) atoms. The van der Waals surface area contributed by atoms with Crippen molar-refractivity contribution in [2.45, 2.75) is 84.2 Å². The number of nitrogens with one attached hydrogen (secondary N) is 3. The number of aliphatic hydroxyl groups excluding tert-OH is 1. The molecular formula is C33H48FN7O6. The SMILES string of the molecule is CCC(=O)N[C@@H](C(=O)N1CCN(CCO)CC1)[C@@H](C)c1ccc(NC(=O)[C@@H](NC(=O)c2nonc2CC)C2CCC(C)CC2)c(F)c1. The van der Waals surface area contributed by atoms with Crippen molar-refractivity contribution >= 4 is 29.3 Å². The van der Waals surface area contributed by atoms with Crippen LogP contribution in [0.25, 0.3) is 0 Å². The summed E-state index contributed by atoms with van der Waals surface area (Å²) in [5.41, 5.74) is 0.814. The number of benzene rings is 1. The van der Waals surface area contributed by atoms with Crippen molar-refractivity contribution in [1.29, 1.82) is 0 Å². The van der Waals surface area contributed by atoms with E-state index < -0.39 is 35.6 Å². The molecule has 258 valence electrons.